The Kier molecular flexibility index (Phi) is 9.23. The Labute approximate surface area is 218 Å². The Morgan fingerprint density at radius 1 is 1.11 bits per heavy atom. The fourth-order valence-electron chi connectivity index (χ4n) is 3.45. The Morgan fingerprint density at radius 3 is 2.51 bits per heavy atom. The van der Waals surface area contributed by atoms with E-state index in [1.165, 1.54) is 44.7 Å². The molecular weight excluding hydrogens is 499 g/mol. The molecule has 1 aromatic heterocycles. The van der Waals surface area contributed by atoms with Gasteiger partial charge in [-0.2, -0.15) is 0 Å². The van der Waals surface area contributed by atoms with Gasteiger partial charge in [-0.25, -0.2) is 9.37 Å². The molecule has 1 amide bonds. The van der Waals surface area contributed by atoms with Crippen molar-refractivity contribution in [2.24, 2.45) is 9.98 Å². The number of aliphatic imine (C=N–C) groups is 2. The van der Waals surface area contributed by atoms with Crippen LogP contribution in [0.15, 0.2) is 64.7 Å². The number of aromatic nitrogens is 1. The number of halogens is 2. The van der Waals surface area contributed by atoms with Crippen LogP contribution >= 0.6 is 11.6 Å². The highest BCUT2D eigenvalue weighted by atomic mass is 35.5. The Balaban J connectivity index is 1.79. The van der Waals surface area contributed by atoms with Crippen molar-refractivity contribution in [1.29, 1.82) is 0 Å². The topological polar surface area (TPSA) is 102 Å². The number of hydrogen-bond donors (Lipinski definition) is 1. The highest BCUT2D eigenvalue weighted by Gasteiger charge is 2.17. The van der Waals surface area contributed by atoms with Gasteiger partial charge in [0.15, 0.2) is 5.78 Å². The van der Waals surface area contributed by atoms with Crippen LogP contribution in [-0.2, 0) is 0 Å². The van der Waals surface area contributed by atoms with Gasteiger partial charge in [-0.3, -0.25) is 19.6 Å². The lowest BCUT2D eigenvalue weighted by molar-refractivity contribution is 0.0902. The summed E-state index contributed by atoms with van der Waals surface area (Å²) in [5.74, 6) is -0.687. The first-order valence-corrected chi connectivity index (χ1v) is 11.3. The second-order valence-electron chi connectivity index (χ2n) is 7.55. The summed E-state index contributed by atoms with van der Waals surface area (Å²) in [6.45, 7) is 3.15. The van der Waals surface area contributed by atoms with Crippen molar-refractivity contribution in [3.8, 4) is 22.8 Å². The lowest BCUT2D eigenvalue weighted by Gasteiger charge is -2.12. The Hall–Kier alpha value is -4.37. The molecule has 0 aliphatic heterocycles. The molecular formula is C27H24ClFN4O4. The fraction of sp³-hybridized carbons (Fsp3) is 0.148. The summed E-state index contributed by atoms with van der Waals surface area (Å²) in [5.41, 5.74) is 2.49. The molecule has 0 bridgehead atoms. The lowest BCUT2D eigenvalue weighted by Crippen LogP contribution is -2.30. The number of methoxy groups -OCH3 is 2. The summed E-state index contributed by atoms with van der Waals surface area (Å²) in [6, 6.07) is 12.0. The number of Topliss-reactive ketones (excluding diaryl/α,β-unsaturated/α-hetero) is 1. The zero-order valence-electron chi connectivity index (χ0n) is 20.4. The number of ether oxygens (including phenoxy) is 2. The summed E-state index contributed by atoms with van der Waals surface area (Å²) >= 11 is 5.90. The molecule has 10 heteroatoms. The minimum absolute atomic E-state index is 0.0860. The van der Waals surface area contributed by atoms with E-state index in [-0.39, 0.29) is 22.8 Å². The van der Waals surface area contributed by atoms with Crippen molar-refractivity contribution >= 4 is 41.8 Å². The van der Waals surface area contributed by atoms with Gasteiger partial charge in [-0.1, -0.05) is 11.6 Å². The van der Waals surface area contributed by atoms with Crippen molar-refractivity contribution in [3.63, 3.8) is 0 Å². The molecule has 0 fully saturated rings. The number of carbonyl (C=O) groups is 2. The first-order chi connectivity index (χ1) is 17.8. The van der Waals surface area contributed by atoms with E-state index < -0.39 is 17.5 Å². The van der Waals surface area contributed by atoms with Crippen LogP contribution in [0.3, 0.4) is 0 Å². The minimum Gasteiger partial charge on any atom is -0.496 e. The van der Waals surface area contributed by atoms with E-state index in [1.54, 1.807) is 37.5 Å². The summed E-state index contributed by atoms with van der Waals surface area (Å²) in [5, 5.41) is 2.51. The van der Waals surface area contributed by atoms with Gasteiger partial charge in [0.25, 0.3) is 5.91 Å². The van der Waals surface area contributed by atoms with Gasteiger partial charge in [-0.15, -0.1) is 0 Å². The predicted octanol–water partition coefficient (Wildman–Crippen LogP) is 4.91. The average Bonchev–Trinajstić information content (AvgIpc) is 2.92. The van der Waals surface area contributed by atoms with E-state index >= 15 is 0 Å². The second kappa shape index (κ2) is 12.5. The molecule has 8 nitrogen and oxygen atoms in total. The SMILES string of the molecule is C=N/C=C(\C=NC)c1ccc(C(=O)NCC(=O)c2ccc(OC)c(-c3ccc(F)c(Cl)c3)n2)cc1OC. The second-order valence-corrected chi connectivity index (χ2v) is 7.96. The Morgan fingerprint density at radius 2 is 1.86 bits per heavy atom. The highest BCUT2D eigenvalue weighted by Crippen LogP contribution is 2.31. The number of allylic oxidation sites excluding steroid dienone is 1. The zero-order valence-corrected chi connectivity index (χ0v) is 21.2. The first-order valence-electron chi connectivity index (χ1n) is 10.9. The predicted molar refractivity (Wildman–Crippen MR) is 143 cm³/mol. The van der Waals surface area contributed by atoms with E-state index in [1.807, 2.05) is 0 Å². The molecule has 37 heavy (non-hydrogen) atoms. The number of pyridine rings is 1. The van der Waals surface area contributed by atoms with Crippen molar-refractivity contribution < 1.29 is 23.5 Å². The van der Waals surface area contributed by atoms with E-state index in [4.69, 9.17) is 21.1 Å². The van der Waals surface area contributed by atoms with Crippen molar-refractivity contribution in [3.05, 3.63) is 82.4 Å². The van der Waals surface area contributed by atoms with E-state index in [0.29, 0.717) is 33.9 Å². The third-order valence-corrected chi connectivity index (χ3v) is 5.53. The van der Waals surface area contributed by atoms with E-state index in [0.717, 1.165) is 0 Å². The highest BCUT2D eigenvalue weighted by molar-refractivity contribution is 6.31. The average molecular weight is 523 g/mol. The number of nitrogens with zero attached hydrogens (tertiary/aromatic N) is 3. The molecule has 0 radical (unpaired) electrons. The van der Waals surface area contributed by atoms with Crippen molar-refractivity contribution in [2.75, 3.05) is 27.8 Å². The third kappa shape index (κ3) is 6.45. The quantitative estimate of drug-likeness (QED) is 0.301. The molecule has 0 spiro atoms. The first kappa shape index (κ1) is 27.2. The van der Waals surface area contributed by atoms with Gasteiger partial charge in [-0.05, 0) is 55.2 Å². The third-order valence-electron chi connectivity index (χ3n) is 5.24. The lowest BCUT2D eigenvalue weighted by atomic mass is 10.0. The van der Waals surface area contributed by atoms with Gasteiger partial charge in [0, 0.05) is 41.7 Å². The number of nitrogens with one attached hydrogen (secondary N) is 1. The van der Waals surface area contributed by atoms with Crippen LogP contribution < -0.4 is 14.8 Å². The van der Waals surface area contributed by atoms with Gasteiger partial charge >= 0.3 is 0 Å². The zero-order chi connectivity index (χ0) is 26.9. The van der Waals surface area contributed by atoms with Crippen LogP contribution in [0.25, 0.3) is 16.8 Å². The number of amides is 1. The molecule has 0 atom stereocenters. The smallest absolute Gasteiger partial charge is 0.251 e. The molecule has 1 heterocycles. The number of rotatable bonds is 10. The van der Waals surface area contributed by atoms with Crippen molar-refractivity contribution in [1.82, 2.24) is 10.3 Å². The molecule has 190 valence electrons. The summed E-state index contributed by atoms with van der Waals surface area (Å²) in [4.78, 5) is 37.7. The minimum atomic E-state index is -0.577. The van der Waals surface area contributed by atoms with Crippen LogP contribution in [0, 0.1) is 5.82 Å². The number of carbonyl (C=O) groups excluding carboxylic acids is 2. The molecule has 3 aromatic rings. The standard InChI is InChI=1S/C27H24ClFN4O4/c1-30-13-18(14-31-2)19-7-5-17(12-25(19)37-4)27(35)32-15-23(34)22-9-10-24(36-3)26(33-22)16-6-8-21(29)20(28)11-16/h5-14H,1,15H2,2-4H3,(H,32,35)/b18-13+,31-14?. The fourth-order valence-corrected chi connectivity index (χ4v) is 3.63. The largest absolute Gasteiger partial charge is 0.496 e. The van der Waals surface area contributed by atoms with Crippen LogP contribution in [0.2, 0.25) is 5.02 Å². The van der Waals surface area contributed by atoms with E-state index in [2.05, 4.69) is 27.0 Å². The molecule has 2 aromatic carbocycles. The molecule has 0 aliphatic carbocycles. The molecule has 0 saturated heterocycles. The molecule has 1 N–H and O–H groups in total. The van der Waals surface area contributed by atoms with Crippen molar-refractivity contribution in [2.45, 2.75) is 0 Å². The number of hydrogen-bond acceptors (Lipinski definition) is 7. The Bertz CT molecular complexity index is 1410. The van der Waals surface area contributed by atoms with Crippen LogP contribution in [0.1, 0.15) is 26.4 Å². The maximum Gasteiger partial charge on any atom is 0.251 e. The maximum absolute atomic E-state index is 13.6. The maximum atomic E-state index is 13.6. The van der Waals surface area contributed by atoms with Gasteiger partial charge in [0.05, 0.1) is 25.8 Å². The molecule has 0 saturated carbocycles. The molecule has 0 aliphatic rings. The van der Waals surface area contributed by atoms with Gasteiger partial charge < -0.3 is 14.8 Å². The number of benzene rings is 2. The van der Waals surface area contributed by atoms with Crippen LogP contribution in [-0.4, -0.2) is 57.4 Å². The summed E-state index contributed by atoms with van der Waals surface area (Å²) in [6.07, 6.45) is 3.13. The normalized spacial score (nSPS) is 11.3. The van der Waals surface area contributed by atoms with E-state index in [9.17, 15) is 14.0 Å². The molecule has 0 unspecified atom stereocenters. The molecule has 3 rings (SSSR count). The summed E-state index contributed by atoms with van der Waals surface area (Å²) in [7, 11) is 4.56. The van der Waals surface area contributed by atoms with Gasteiger partial charge in [0.2, 0.25) is 0 Å². The number of ketones is 1. The van der Waals surface area contributed by atoms with Gasteiger partial charge in [0.1, 0.15) is 28.7 Å². The summed E-state index contributed by atoms with van der Waals surface area (Å²) < 4.78 is 24.4. The monoisotopic (exact) mass is 522 g/mol. The van der Waals surface area contributed by atoms with Crippen LogP contribution in [0.4, 0.5) is 4.39 Å². The van der Waals surface area contributed by atoms with Crippen LogP contribution in [0.5, 0.6) is 11.5 Å².